The number of rotatable bonds is 6. The first kappa shape index (κ1) is 18.5. The molecular formula is C20H23NO4. The van der Waals surface area contributed by atoms with Gasteiger partial charge in [0.05, 0.1) is 12.7 Å². The Morgan fingerprint density at radius 2 is 1.76 bits per heavy atom. The monoisotopic (exact) mass is 341 g/mol. The van der Waals surface area contributed by atoms with Crippen LogP contribution >= 0.6 is 0 Å². The molecule has 0 radical (unpaired) electrons. The van der Waals surface area contributed by atoms with Gasteiger partial charge in [-0.05, 0) is 55.7 Å². The number of hydrogen-bond acceptors (Lipinski definition) is 4. The van der Waals surface area contributed by atoms with Gasteiger partial charge in [-0.25, -0.2) is 4.79 Å². The van der Waals surface area contributed by atoms with Crippen LogP contribution in [0.4, 0.5) is 0 Å². The van der Waals surface area contributed by atoms with Crippen molar-refractivity contribution >= 4 is 11.9 Å². The molecule has 1 atom stereocenters. The van der Waals surface area contributed by atoms with Crippen molar-refractivity contribution in [2.24, 2.45) is 0 Å². The van der Waals surface area contributed by atoms with Gasteiger partial charge >= 0.3 is 5.97 Å². The SMILES string of the molecule is COc1ccc(CNC(=O)[C@H](C)OC(=O)c2cccc(C)c2C)cc1. The van der Waals surface area contributed by atoms with Gasteiger partial charge in [-0.15, -0.1) is 0 Å². The smallest absolute Gasteiger partial charge is 0.339 e. The fourth-order valence-corrected chi connectivity index (χ4v) is 2.33. The van der Waals surface area contributed by atoms with Gasteiger partial charge in [-0.2, -0.15) is 0 Å². The number of methoxy groups -OCH3 is 1. The molecule has 0 unspecified atom stereocenters. The van der Waals surface area contributed by atoms with Crippen LogP contribution in [0.1, 0.15) is 34.0 Å². The summed E-state index contributed by atoms with van der Waals surface area (Å²) in [6, 6.07) is 12.8. The highest BCUT2D eigenvalue weighted by atomic mass is 16.5. The Morgan fingerprint density at radius 1 is 1.08 bits per heavy atom. The Labute approximate surface area is 148 Å². The van der Waals surface area contributed by atoms with Crippen molar-refractivity contribution in [1.82, 2.24) is 5.32 Å². The standard InChI is InChI=1S/C20H23NO4/c1-13-6-5-7-18(14(13)2)20(23)25-15(3)19(22)21-12-16-8-10-17(24-4)11-9-16/h5-11,15H,12H2,1-4H3,(H,21,22)/t15-/m0/s1. The number of esters is 1. The second-order valence-electron chi connectivity index (χ2n) is 5.86. The number of amides is 1. The Morgan fingerprint density at radius 3 is 2.40 bits per heavy atom. The van der Waals surface area contributed by atoms with E-state index >= 15 is 0 Å². The number of ether oxygens (including phenoxy) is 2. The summed E-state index contributed by atoms with van der Waals surface area (Å²) < 4.78 is 10.4. The van der Waals surface area contributed by atoms with Gasteiger partial charge in [0.2, 0.25) is 0 Å². The molecule has 0 aliphatic carbocycles. The van der Waals surface area contributed by atoms with E-state index in [4.69, 9.17) is 9.47 Å². The van der Waals surface area contributed by atoms with E-state index in [1.54, 1.807) is 26.2 Å². The lowest BCUT2D eigenvalue weighted by molar-refractivity contribution is -0.129. The minimum atomic E-state index is -0.870. The number of nitrogens with one attached hydrogen (secondary N) is 1. The maximum atomic E-state index is 12.3. The van der Waals surface area contributed by atoms with E-state index in [0.717, 1.165) is 22.4 Å². The van der Waals surface area contributed by atoms with E-state index in [9.17, 15) is 9.59 Å². The normalized spacial score (nSPS) is 11.5. The molecule has 0 saturated carbocycles. The van der Waals surface area contributed by atoms with Crippen LogP contribution in [0.15, 0.2) is 42.5 Å². The average molecular weight is 341 g/mol. The van der Waals surface area contributed by atoms with E-state index in [0.29, 0.717) is 12.1 Å². The average Bonchev–Trinajstić information content (AvgIpc) is 2.62. The number of hydrogen-bond donors (Lipinski definition) is 1. The lowest BCUT2D eigenvalue weighted by Gasteiger charge is -2.15. The van der Waals surface area contributed by atoms with Crippen molar-refractivity contribution in [2.75, 3.05) is 7.11 Å². The molecule has 5 nitrogen and oxygen atoms in total. The van der Waals surface area contributed by atoms with Crippen LogP contribution in [0.3, 0.4) is 0 Å². The van der Waals surface area contributed by atoms with E-state index in [2.05, 4.69) is 5.32 Å². The Bertz CT molecular complexity index is 753. The number of carbonyl (C=O) groups is 2. The van der Waals surface area contributed by atoms with Crippen molar-refractivity contribution in [3.63, 3.8) is 0 Å². The van der Waals surface area contributed by atoms with E-state index in [1.165, 1.54) is 0 Å². The van der Waals surface area contributed by atoms with Gasteiger partial charge in [-0.1, -0.05) is 24.3 Å². The summed E-state index contributed by atoms with van der Waals surface area (Å²) in [5.74, 6) is -0.0753. The third kappa shape index (κ3) is 4.83. The highest BCUT2D eigenvalue weighted by molar-refractivity contribution is 5.93. The molecule has 1 N–H and O–H groups in total. The zero-order valence-corrected chi connectivity index (χ0v) is 15.0. The van der Waals surface area contributed by atoms with Crippen molar-refractivity contribution in [2.45, 2.75) is 33.4 Å². The quantitative estimate of drug-likeness (QED) is 0.820. The van der Waals surface area contributed by atoms with Crippen LogP contribution in [-0.4, -0.2) is 25.1 Å². The molecule has 132 valence electrons. The molecular weight excluding hydrogens is 318 g/mol. The first-order valence-corrected chi connectivity index (χ1v) is 8.10. The summed E-state index contributed by atoms with van der Waals surface area (Å²) in [7, 11) is 1.60. The summed E-state index contributed by atoms with van der Waals surface area (Å²) in [5.41, 5.74) is 3.28. The maximum Gasteiger partial charge on any atom is 0.339 e. The van der Waals surface area contributed by atoms with Gasteiger partial charge in [0.1, 0.15) is 5.75 Å². The van der Waals surface area contributed by atoms with E-state index < -0.39 is 12.1 Å². The molecule has 2 rings (SSSR count). The highest BCUT2D eigenvalue weighted by Crippen LogP contribution is 2.15. The van der Waals surface area contributed by atoms with E-state index in [1.807, 2.05) is 44.2 Å². The fourth-order valence-electron chi connectivity index (χ4n) is 2.33. The molecule has 0 fully saturated rings. The van der Waals surface area contributed by atoms with Crippen molar-refractivity contribution in [1.29, 1.82) is 0 Å². The molecule has 25 heavy (non-hydrogen) atoms. The van der Waals surface area contributed by atoms with Crippen molar-refractivity contribution in [3.8, 4) is 5.75 Å². The lowest BCUT2D eigenvalue weighted by atomic mass is 10.0. The zero-order valence-electron chi connectivity index (χ0n) is 15.0. The first-order chi connectivity index (χ1) is 11.9. The second-order valence-corrected chi connectivity index (χ2v) is 5.86. The van der Waals surface area contributed by atoms with E-state index in [-0.39, 0.29) is 5.91 Å². The number of aryl methyl sites for hydroxylation is 1. The molecule has 0 aliphatic rings. The van der Waals surface area contributed by atoms with Crippen molar-refractivity contribution < 1.29 is 19.1 Å². The molecule has 0 aliphatic heterocycles. The van der Waals surface area contributed by atoms with Gasteiger partial charge in [-0.3, -0.25) is 4.79 Å². The molecule has 1 amide bonds. The van der Waals surface area contributed by atoms with Gasteiger partial charge in [0, 0.05) is 6.54 Å². The summed E-state index contributed by atoms with van der Waals surface area (Å²) in [4.78, 5) is 24.4. The van der Waals surface area contributed by atoms with Crippen LogP contribution in [0.5, 0.6) is 5.75 Å². The topological polar surface area (TPSA) is 64.6 Å². The lowest BCUT2D eigenvalue weighted by Crippen LogP contribution is -2.35. The second kappa shape index (κ2) is 8.33. The Hall–Kier alpha value is -2.82. The summed E-state index contributed by atoms with van der Waals surface area (Å²) in [5, 5.41) is 2.76. The number of benzene rings is 2. The third-order valence-corrected chi connectivity index (χ3v) is 4.10. The van der Waals surface area contributed by atoms with Crippen LogP contribution < -0.4 is 10.1 Å². The van der Waals surface area contributed by atoms with Crippen molar-refractivity contribution in [3.05, 3.63) is 64.7 Å². The van der Waals surface area contributed by atoms with Crippen LogP contribution in [0, 0.1) is 13.8 Å². The molecule has 0 spiro atoms. The molecule has 2 aromatic rings. The molecule has 0 aromatic heterocycles. The van der Waals surface area contributed by atoms with Gasteiger partial charge in [0.25, 0.3) is 5.91 Å². The van der Waals surface area contributed by atoms with Crippen LogP contribution in [-0.2, 0) is 16.1 Å². The third-order valence-electron chi connectivity index (χ3n) is 4.10. The first-order valence-electron chi connectivity index (χ1n) is 8.10. The predicted octanol–water partition coefficient (Wildman–Crippen LogP) is 3.17. The van der Waals surface area contributed by atoms with Gasteiger partial charge in [0.15, 0.2) is 6.10 Å². The van der Waals surface area contributed by atoms with Gasteiger partial charge < -0.3 is 14.8 Å². The molecule has 2 aromatic carbocycles. The summed E-state index contributed by atoms with van der Waals surface area (Å²) >= 11 is 0. The molecule has 5 heteroatoms. The number of carbonyl (C=O) groups excluding carboxylic acids is 2. The fraction of sp³-hybridized carbons (Fsp3) is 0.300. The minimum absolute atomic E-state index is 0.338. The van der Waals surface area contributed by atoms with Crippen LogP contribution in [0.25, 0.3) is 0 Å². The summed E-state index contributed by atoms with van der Waals surface area (Å²) in [6.07, 6.45) is -0.870. The molecule has 0 heterocycles. The van der Waals surface area contributed by atoms with Crippen LogP contribution in [0.2, 0.25) is 0 Å². The highest BCUT2D eigenvalue weighted by Gasteiger charge is 2.20. The predicted molar refractivity (Wildman–Crippen MR) is 95.6 cm³/mol. The largest absolute Gasteiger partial charge is 0.497 e. The Balaban J connectivity index is 1.91. The molecule has 0 bridgehead atoms. The zero-order chi connectivity index (χ0) is 18.4. The summed E-state index contributed by atoms with van der Waals surface area (Å²) in [6.45, 7) is 5.71. The minimum Gasteiger partial charge on any atom is -0.497 e. The molecule has 0 saturated heterocycles. The Kier molecular flexibility index (Phi) is 6.17. The maximum absolute atomic E-state index is 12.3.